The Balaban J connectivity index is 1.79. The van der Waals surface area contributed by atoms with Crippen molar-refractivity contribution in [2.75, 3.05) is 25.0 Å². The molecule has 0 radical (unpaired) electrons. The molecule has 0 aromatic heterocycles. The van der Waals surface area contributed by atoms with Gasteiger partial charge in [0.05, 0.1) is 24.5 Å². The topological polar surface area (TPSA) is 92.8 Å². The fraction of sp³-hybridized carbons (Fsp3) is 0.310. The maximum absolute atomic E-state index is 13.8. The van der Waals surface area contributed by atoms with Gasteiger partial charge in [0.2, 0.25) is 15.9 Å². The molecule has 8 heteroatoms. The van der Waals surface area contributed by atoms with Crippen LogP contribution in [-0.2, 0) is 37.2 Å². The summed E-state index contributed by atoms with van der Waals surface area (Å²) in [6.45, 7) is 7.38. The monoisotopic (exact) mass is 522 g/mol. The molecule has 3 aromatic carbocycles. The second-order valence-corrected chi connectivity index (χ2v) is 10.9. The number of carbonyl (C=O) groups is 2. The van der Waals surface area contributed by atoms with Gasteiger partial charge in [0.1, 0.15) is 0 Å². The summed E-state index contributed by atoms with van der Waals surface area (Å²) in [5.41, 5.74) is 4.54. The van der Waals surface area contributed by atoms with Crippen LogP contribution in [0.15, 0.2) is 71.6 Å². The average Bonchev–Trinajstić information content (AvgIpc) is 2.83. The first kappa shape index (κ1) is 28.1. The fourth-order valence-corrected chi connectivity index (χ4v) is 6.14. The number of nitrogens with one attached hydrogen (secondary N) is 1. The van der Waals surface area contributed by atoms with Crippen LogP contribution in [0.25, 0.3) is 0 Å². The van der Waals surface area contributed by atoms with E-state index in [-0.39, 0.29) is 30.4 Å². The van der Waals surface area contributed by atoms with Crippen LogP contribution in [0.3, 0.4) is 0 Å². The SMILES string of the molecule is CCOC(=O)Cc1ccc(NC(=O)CN(CCc2ccccc2)S(=O)(=O)c2c(C)cc(C)cc2C)cc1. The number of ether oxygens (including phenoxy) is 1. The summed E-state index contributed by atoms with van der Waals surface area (Å²) in [4.78, 5) is 24.9. The summed E-state index contributed by atoms with van der Waals surface area (Å²) in [5, 5.41) is 2.78. The van der Waals surface area contributed by atoms with Crippen LogP contribution >= 0.6 is 0 Å². The quantitative estimate of drug-likeness (QED) is 0.372. The highest BCUT2D eigenvalue weighted by atomic mass is 32.2. The predicted octanol–water partition coefficient (Wildman–Crippen LogP) is 4.59. The molecule has 0 spiro atoms. The Labute approximate surface area is 219 Å². The zero-order valence-corrected chi connectivity index (χ0v) is 22.6. The van der Waals surface area contributed by atoms with Gasteiger partial charge in [0.25, 0.3) is 0 Å². The smallest absolute Gasteiger partial charge is 0.310 e. The van der Waals surface area contributed by atoms with Crippen molar-refractivity contribution in [3.05, 3.63) is 94.5 Å². The Kier molecular flexibility index (Phi) is 9.60. The number of aryl methyl sites for hydroxylation is 3. The van der Waals surface area contributed by atoms with Crippen molar-refractivity contribution in [2.45, 2.75) is 45.4 Å². The van der Waals surface area contributed by atoms with Crippen molar-refractivity contribution < 1.29 is 22.7 Å². The van der Waals surface area contributed by atoms with Crippen molar-refractivity contribution in [1.29, 1.82) is 0 Å². The maximum Gasteiger partial charge on any atom is 0.310 e. The molecular weight excluding hydrogens is 488 g/mol. The Bertz CT molecular complexity index is 1310. The number of sulfonamides is 1. The highest BCUT2D eigenvalue weighted by Gasteiger charge is 2.29. The van der Waals surface area contributed by atoms with Crippen molar-refractivity contribution >= 4 is 27.6 Å². The van der Waals surface area contributed by atoms with Crippen LogP contribution in [0.4, 0.5) is 5.69 Å². The summed E-state index contributed by atoms with van der Waals surface area (Å²) in [7, 11) is -3.94. The summed E-state index contributed by atoms with van der Waals surface area (Å²) in [6, 6.07) is 20.1. The number of anilines is 1. The molecule has 7 nitrogen and oxygen atoms in total. The molecule has 0 aliphatic rings. The van der Waals surface area contributed by atoms with E-state index in [9.17, 15) is 18.0 Å². The van der Waals surface area contributed by atoms with E-state index in [1.165, 1.54) is 4.31 Å². The van der Waals surface area contributed by atoms with Crippen LogP contribution in [0.2, 0.25) is 0 Å². The zero-order chi connectivity index (χ0) is 27.0. The van der Waals surface area contributed by atoms with Crippen molar-refractivity contribution in [3.63, 3.8) is 0 Å². The number of hydrogen-bond donors (Lipinski definition) is 1. The molecule has 1 amide bonds. The number of nitrogens with zero attached hydrogens (tertiary/aromatic N) is 1. The van der Waals surface area contributed by atoms with Gasteiger partial charge in [-0.1, -0.05) is 60.2 Å². The first-order valence-electron chi connectivity index (χ1n) is 12.3. The Morgan fingerprint density at radius 3 is 2.11 bits per heavy atom. The summed E-state index contributed by atoms with van der Waals surface area (Å²) in [5.74, 6) is -0.766. The largest absolute Gasteiger partial charge is 0.466 e. The molecular formula is C29H34N2O5S. The number of hydrogen-bond acceptors (Lipinski definition) is 5. The van der Waals surface area contributed by atoms with Gasteiger partial charge in [0.15, 0.2) is 0 Å². The molecule has 0 atom stereocenters. The molecule has 0 aliphatic carbocycles. The normalized spacial score (nSPS) is 11.4. The highest BCUT2D eigenvalue weighted by Crippen LogP contribution is 2.26. The Morgan fingerprint density at radius 2 is 1.51 bits per heavy atom. The first-order valence-corrected chi connectivity index (χ1v) is 13.7. The van der Waals surface area contributed by atoms with Crippen LogP contribution in [0.1, 0.15) is 34.7 Å². The van der Waals surface area contributed by atoms with Crippen molar-refractivity contribution in [2.24, 2.45) is 0 Å². The first-order chi connectivity index (χ1) is 17.6. The van der Waals surface area contributed by atoms with E-state index in [1.807, 2.05) is 49.4 Å². The van der Waals surface area contributed by atoms with Gasteiger partial charge in [-0.2, -0.15) is 4.31 Å². The van der Waals surface area contributed by atoms with E-state index in [0.717, 1.165) is 16.7 Å². The Hall–Kier alpha value is -3.49. The van der Waals surface area contributed by atoms with E-state index in [4.69, 9.17) is 4.74 Å². The number of benzene rings is 3. The number of rotatable bonds is 11. The van der Waals surface area contributed by atoms with Gasteiger partial charge in [-0.05, 0) is 68.5 Å². The fourth-order valence-electron chi connectivity index (χ4n) is 4.33. The van der Waals surface area contributed by atoms with E-state index in [1.54, 1.807) is 45.0 Å². The van der Waals surface area contributed by atoms with Gasteiger partial charge in [-0.15, -0.1) is 0 Å². The second-order valence-electron chi connectivity index (χ2n) is 9.03. The molecule has 37 heavy (non-hydrogen) atoms. The van der Waals surface area contributed by atoms with Gasteiger partial charge in [0, 0.05) is 12.2 Å². The molecule has 0 saturated heterocycles. The van der Waals surface area contributed by atoms with Gasteiger partial charge >= 0.3 is 5.97 Å². The molecule has 0 saturated carbocycles. The maximum atomic E-state index is 13.8. The number of carbonyl (C=O) groups excluding carboxylic acids is 2. The molecule has 1 N–H and O–H groups in total. The Morgan fingerprint density at radius 1 is 0.892 bits per heavy atom. The van der Waals surface area contributed by atoms with Crippen LogP contribution in [-0.4, -0.2) is 44.3 Å². The van der Waals surface area contributed by atoms with E-state index in [0.29, 0.717) is 29.8 Å². The summed E-state index contributed by atoms with van der Waals surface area (Å²) in [6.07, 6.45) is 0.614. The minimum absolute atomic E-state index is 0.142. The standard InChI is InChI=1S/C29H34N2O5S/c1-5-36-28(33)19-25-11-13-26(14-12-25)30-27(32)20-31(16-15-24-9-7-6-8-10-24)37(34,35)29-22(3)17-21(2)18-23(29)4/h6-14,17-18H,5,15-16,19-20H2,1-4H3,(H,30,32). The molecule has 0 heterocycles. The van der Waals surface area contributed by atoms with E-state index >= 15 is 0 Å². The highest BCUT2D eigenvalue weighted by molar-refractivity contribution is 7.89. The predicted molar refractivity (Wildman–Crippen MR) is 145 cm³/mol. The third kappa shape index (κ3) is 7.74. The average molecular weight is 523 g/mol. The lowest BCUT2D eigenvalue weighted by molar-refractivity contribution is -0.142. The van der Waals surface area contributed by atoms with Gasteiger partial charge in [-0.3, -0.25) is 9.59 Å². The third-order valence-electron chi connectivity index (χ3n) is 5.91. The molecule has 0 unspecified atom stereocenters. The zero-order valence-electron chi connectivity index (χ0n) is 21.8. The van der Waals surface area contributed by atoms with Crippen molar-refractivity contribution in [3.8, 4) is 0 Å². The molecule has 0 fully saturated rings. The lowest BCUT2D eigenvalue weighted by atomic mass is 10.1. The molecule has 3 aromatic rings. The molecule has 0 bridgehead atoms. The van der Waals surface area contributed by atoms with Gasteiger partial charge < -0.3 is 10.1 Å². The van der Waals surface area contributed by atoms with E-state index < -0.39 is 15.9 Å². The lowest BCUT2D eigenvalue weighted by Crippen LogP contribution is -2.39. The summed E-state index contributed by atoms with van der Waals surface area (Å²) < 4.78 is 33.8. The number of esters is 1. The number of amides is 1. The van der Waals surface area contributed by atoms with E-state index in [2.05, 4.69) is 5.32 Å². The van der Waals surface area contributed by atoms with Gasteiger partial charge in [-0.25, -0.2) is 8.42 Å². The second kappa shape index (κ2) is 12.7. The van der Waals surface area contributed by atoms with Crippen molar-refractivity contribution in [1.82, 2.24) is 4.31 Å². The molecule has 0 aliphatic heterocycles. The summed E-state index contributed by atoms with van der Waals surface area (Å²) >= 11 is 0. The minimum Gasteiger partial charge on any atom is -0.466 e. The molecule has 3 rings (SSSR count). The lowest BCUT2D eigenvalue weighted by Gasteiger charge is -2.24. The molecule has 196 valence electrons. The van der Waals surface area contributed by atoms with Crippen LogP contribution in [0.5, 0.6) is 0 Å². The minimum atomic E-state index is -3.94. The van der Waals surface area contributed by atoms with Crippen LogP contribution < -0.4 is 5.32 Å². The van der Waals surface area contributed by atoms with Crippen LogP contribution in [0, 0.1) is 20.8 Å². The third-order valence-corrected chi connectivity index (χ3v) is 8.06.